The average molecular weight is 322 g/mol. The Morgan fingerprint density at radius 1 is 1.08 bits per heavy atom. The van der Waals surface area contributed by atoms with Gasteiger partial charge in [-0.05, 0) is 36.3 Å². The van der Waals surface area contributed by atoms with Crippen molar-refractivity contribution in [1.82, 2.24) is 9.97 Å². The second kappa shape index (κ2) is 4.71. The van der Waals surface area contributed by atoms with Gasteiger partial charge in [-0.3, -0.25) is 0 Å². The van der Waals surface area contributed by atoms with Crippen LogP contribution < -0.4 is 10.6 Å². The molecule has 2 unspecified atom stereocenters. The fourth-order valence-electron chi connectivity index (χ4n) is 4.80. The average Bonchev–Trinajstić information content (AvgIpc) is 2.86. The van der Waals surface area contributed by atoms with Crippen LogP contribution in [0.5, 0.6) is 0 Å². The number of rotatable bonds is 2. The molecule has 1 heterocycles. The normalized spacial score (nSPS) is 26.5. The van der Waals surface area contributed by atoms with Crippen LogP contribution in [0.3, 0.4) is 0 Å². The number of nitrogen functional groups attached to an aromatic ring is 1. The van der Waals surface area contributed by atoms with Gasteiger partial charge in [0.1, 0.15) is 0 Å². The van der Waals surface area contributed by atoms with Crippen molar-refractivity contribution in [2.75, 3.05) is 24.7 Å². The lowest BCUT2D eigenvalue weighted by Crippen LogP contribution is -2.32. The van der Waals surface area contributed by atoms with E-state index in [2.05, 4.69) is 69.0 Å². The summed E-state index contributed by atoms with van der Waals surface area (Å²) in [6.45, 7) is 7.10. The van der Waals surface area contributed by atoms with Crippen LogP contribution >= 0.6 is 0 Å². The van der Waals surface area contributed by atoms with Crippen LogP contribution in [0, 0.1) is 5.41 Å². The molecule has 2 bridgehead atoms. The SMILES string of the molecule is CN(C)c1ccc(-c2nc(N)nc3c2C2CCC3(C)C2(C)C)cc1. The molecule has 4 rings (SSSR count). The van der Waals surface area contributed by atoms with E-state index in [0.29, 0.717) is 11.9 Å². The number of fused-ring (bicyclic) bond motifs is 5. The number of nitrogens with zero attached hydrogens (tertiary/aromatic N) is 3. The molecule has 2 aliphatic carbocycles. The maximum Gasteiger partial charge on any atom is 0.220 e. The Kier molecular flexibility index (Phi) is 3.03. The highest BCUT2D eigenvalue weighted by atomic mass is 15.1. The van der Waals surface area contributed by atoms with Crippen LogP contribution in [-0.4, -0.2) is 24.1 Å². The molecule has 1 saturated carbocycles. The summed E-state index contributed by atoms with van der Waals surface area (Å²) in [6.07, 6.45) is 2.40. The van der Waals surface area contributed by atoms with Crippen LogP contribution in [0.25, 0.3) is 11.3 Å². The first-order valence-corrected chi connectivity index (χ1v) is 8.71. The Labute approximate surface area is 144 Å². The number of hydrogen-bond donors (Lipinski definition) is 1. The van der Waals surface area contributed by atoms with Crippen molar-refractivity contribution in [2.45, 2.75) is 44.9 Å². The zero-order valence-electron chi connectivity index (χ0n) is 15.2. The van der Waals surface area contributed by atoms with Gasteiger partial charge in [-0.1, -0.05) is 32.9 Å². The maximum absolute atomic E-state index is 6.10. The summed E-state index contributed by atoms with van der Waals surface area (Å²) in [7, 11) is 4.11. The van der Waals surface area contributed by atoms with Crippen LogP contribution in [0.15, 0.2) is 24.3 Å². The number of anilines is 2. The highest BCUT2D eigenvalue weighted by Crippen LogP contribution is 2.68. The molecule has 4 heteroatoms. The zero-order chi connectivity index (χ0) is 17.3. The predicted octanol–water partition coefficient (Wildman–Crippen LogP) is 3.97. The van der Waals surface area contributed by atoms with E-state index in [1.54, 1.807) is 0 Å². The highest BCUT2D eigenvalue weighted by Gasteiger charge is 2.61. The predicted molar refractivity (Wildman–Crippen MR) is 99.3 cm³/mol. The van der Waals surface area contributed by atoms with E-state index in [1.165, 1.54) is 29.8 Å². The van der Waals surface area contributed by atoms with Gasteiger partial charge in [0.05, 0.1) is 11.4 Å². The summed E-state index contributed by atoms with van der Waals surface area (Å²) in [5.74, 6) is 0.909. The molecule has 1 aromatic heterocycles. The van der Waals surface area contributed by atoms with Crippen molar-refractivity contribution in [3.05, 3.63) is 35.5 Å². The number of hydrogen-bond acceptors (Lipinski definition) is 4. The third kappa shape index (κ3) is 1.80. The molecule has 2 aromatic rings. The fraction of sp³-hybridized carbons (Fsp3) is 0.500. The maximum atomic E-state index is 6.10. The molecule has 0 aliphatic heterocycles. The van der Waals surface area contributed by atoms with Crippen molar-refractivity contribution in [1.29, 1.82) is 0 Å². The number of benzene rings is 1. The Hall–Kier alpha value is -2.10. The molecule has 24 heavy (non-hydrogen) atoms. The van der Waals surface area contributed by atoms with Crippen LogP contribution in [-0.2, 0) is 5.41 Å². The minimum Gasteiger partial charge on any atom is -0.378 e. The van der Waals surface area contributed by atoms with E-state index < -0.39 is 0 Å². The minimum atomic E-state index is 0.0996. The molecule has 4 nitrogen and oxygen atoms in total. The molecule has 1 fully saturated rings. The smallest absolute Gasteiger partial charge is 0.220 e. The number of nitrogens with two attached hydrogens (primary N) is 1. The fourth-order valence-corrected chi connectivity index (χ4v) is 4.80. The van der Waals surface area contributed by atoms with Crippen molar-refractivity contribution in [3.63, 3.8) is 0 Å². The number of aromatic nitrogens is 2. The molecular weight excluding hydrogens is 296 g/mol. The zero-order valence-corrected chi connectivity index (χ0v) is 15.2. The molecule has 2 N–H and O–H groups in total. The quantitative estimate of drug-likeness (QED) is 0.909. The van der Waals surface area contributed by atoms with E-state index in [1.807, 2.05) is 0 Å². The van der Waals surface area contributed by atoms with Gasteiger partial charge in [-0.2, -0.15) is 0 Å². The lowest BCUT2D eigenvalue weighted by molar-refractivity contribution is 0.227. The molecule has 126 valence electrons. The molecule has 0 radical (unpaired) electrons. The first-order chi connectivity index (χ1) is 11.3. The lowest BCUT2D eigenvalue weighted by atomic mass is 9.70. The van der Waals surface area contributed by atoms with Gasteiger partial charge in [0.15, 0.2) is 0 Å². The van der Waals surface area contributed by atoms with Gasteiger partial charge in [0, 0.05) is 36.3 Å². The van der Waals surface area contributed by atoms with Crippen LogP contribution in [0.1, 0.15) is 50.8 Å². The monoisotopic (exact) mass is 322 g/mol. The summed E-state index contributed by atoms with van der Waals surface area (Å²) in [5.41, 5.74) is 12.3. The topological polar surface area (TPSA) is 55.0 Å². The van der Waals surface area contributed by atoms with Gasteiger partial charge in [0.25, 0.3) is 0 Å². The van der Waals surface area contributed by atoms with E-state index in [-0.39, 0.29) is 10.8 Å². The van der Waals surface area contributed by atoms with Crippen LogP contribution in [0.4, 0.5) is 11.6 Å². The molecule has 2 aliphatic rings. The molecule has 2 atom stereocenters. The van der Waals surface area contributed by atoms with Crippen molar-refractivity contribution < 1.29 is 0 Å². The highest BCUT2D eigenvalue weighted by molar-refractivity contribution is 5.71. The first-order valence-electron chi connectivity index (χ1n) is 8.71. The third-order valence-corrected chi connectivity index (χ3v) is 6.72. The molecule has 0 amide bonds. The Balaban J connectivity index is 1.91. The van der Waals surface area contributed by atoms with Crippen molar-refractivity contribution >= 4 is 11.6 Å². The standard InChI is InChI=1S/C20H26N4/c1-19(2)14-10-11-20(19,3)17-15(14)16(22-18(21)23-17)12-6-8-13(9-7-12)24(4)5/h6-9,14H,10-11H2,1-5H3,(H2,21,22,23). The minimum absolute atomic E-state index is 0.0996. The summed E-state index contributed by atoms with van der Waals surface area (Å²) in [4.78, 5) is 11.5. The summed E-state index contributed by atoms with van der Waals surface area (Å²) in [6, 6.07) is 8.58. The van der Waals surface area contributed by atoms with E-state index in [9.17, 15) is 0 Å². The lowest BCUT2D eigenvalue weighted by Gasteiger charge is -2.34. The third-order valence-electron chi connectivity index (χ3n) is 6.72. The largest absolute Gasteiger partial charge is 0.378 e. The Morgan fingerprint density at radius 3 is 2.38 bits per heavy atom. The van der Waals surface area contributed by atoms with Crippen molar-refractivity contribution in [3.8, 4) is 11.3 Å². The van der Waals surface area contributed by atoms with E-state index >= 15 is 0 Å². The van der Waals surface area contributed by atoms with Gasteiger partial charge in [0.2, 0.25) is 5.95 Å². The van der Waals surface area contributed by atoms with Gasteiger partial charge in [-0.15, -0.1) is 0 Å². The van der Waals surface area contributed by atoms with Gasteiger partial charge < -0.3 is 10.6 Å². The Morgan fingerprint density at radius 2 is 1.75 bits per heavy atom. The second-order valence-corrected chi connectivity index (χ2v) is 8.28. The van der Waals surface area contributed by atoms with Gasteiger partial charge in [-0.25, -0.2) is 9.97 Å². The van der Waals surface area contributed by atoms with E-state index in [4.69, 9.17) is 10.7 Å². The first kappa shape index (κ1) is 15.4. The summed E-state index contributed by atoms with van der Waals surface area (Å²) < 4.78 is 0. The van der Waals surface area contributed by atoms with E-state index in [0.717, 1.165) is 11.3 Å². The molecule has 0 saturated heterocycles. The summed E-state index contributed by atoms with van der Waals surface area (Å²) in [5, 5.41) is 0. The van der Waals surface area contributed by atoms with Crippen molar-refractivity contribution in [2.24, 2.45) is 5.41 Å². The summed E-state index contributed by atoms with van der Waals surface area (Å²) >= 11 is 0. The molecule has 1 aromatic carbocycles. The molecule has 0 spiro atoms. The Bertz CT molecular complexity index is 807. The van der Waals surface area contributed by atoms with Crippen LogP contribution in [0.2, 0.25) is 0 Å². The second-order valence-electron chi connectivity index (χ2n) is 8.28. The molecular formula is C20H26N4. The van der Waals surface area contributed by atoms with Gasteiger partial charge >= 0.3 is 0 Å².